The van der Waals surface area contributed by atoms with E-state index in [0.29, 0.717) is 0 Å². The molecule has 0 heterocycles. The molecule has 0 aliphatic heterocycles. The Bertz CT molecular complexity index is 577. The minimum atomic E-state index is -1.21. The zero-order valence-electron chi connectivity index (χ0n) is 9.40. The average Bonchev–Trinajstić information content (AvgIpc) is 2.36. The summed E-state index contributed by atoms with van der Waals surface area (Å²) in [6.07, 6.45) is -1.21. The molecule has 18 heavy (non-hydrogen) atoms. The molecule has 0 aromatic heterocycles. The first-order valence-electron chi connectivity index (χ1n) is 5.36. The van der Waals surface area contributed by atoms with Crippen LogP contribution in [0.4, 0.5) is 8.78 Å². The second kappa shape index (κ2) is 5.44. The summed E-state index contributed by atoms with van der Waals surface area (Å²) in [6, 6.07) is 11.9. The van der Waals surface area contributed by atoms with E-state index >= 15 is 0 Å². The third-order valence-corrected chi connectivity index (χ3v) is 2.33. The molecule has 0 fully saturated rings. The van der Waals surface area contributed by atoms with Crippen LogP contribution < -0.4 is 0 Å². The molecule has 0 saturated heterocycles. The Kier molecular flexibility index (Phi) is 3.71. The fourth-order valence-corrected chi connectivity index (χ4v) is 1.49. The highest BCUT2D eigenvalue weighted by Crippen LogP contribution is 2.15. The van der Waals surface area contributed by atoms with Crippen LogP contribution >= 0.6 is 0 Å². The zero-order chi connectivity index (χ0) is 13.0. The van der Waals surface area contributed by atoms with Gasteiger partial charge in [-0.25, -0.2) is 8.78 Å². The molecule has 0 amide bonds. The van der Waals surface area contributed by atoms with Crippen LogP contribution in [0.15, 0.2) is 48.5 Å². The lowest BCUT2D eigenvalue weighted by atomic mass is 10.1. The van der Waals surface area contributed by atoms with E-state index in [2.05, 4.69) is 11.8 Å². The second-order valence-electron chi connectivity index (χ2n) is 3.74. The molecule has 0 aliphatic rings. The topological polar surface area (TPSA) is 20.2 Å². The lowest BCUT2D eigenvalue weighted by Gasteiger charge is -2.03. The molecule has 2 rings (SSSR count). The van der Waals surface area contributed by atoms with Gasteiger partial charge in [-0.3, -0.25) is 0 Å². The van der Waals surface area contributed by atoms with Crippen molar-refractivity contribution in [3.63, 3.8) is 0 Å². The van der Waals surface area contributed by atoms with Gasteiger partial charge >= 0.3 is 0 Å². The SMILES string of the molecule is O[C@@H](C#Cc1ccccc1)c1cc(F)cc(F)c1. The Balaban J connectivity index is 2.22. The Hall–Kier alpha value is -2.18. The molecule has 3 heteroatoms. The fourth-order valence-electron chi connectivity index (χ4n) is 1.49. The van der Waals surface area contributed by atoms with Crippen molar-refractivity contribution < 1.29 is 13.9 Å². The van der Waals surface area contributed by atoms with Crippen molar-refractivity contribution >= 4 is 0 Å². The quantitative estimate of drug-likeness (QED) is 0.764. The molecule has 0 radical (unpaired) electrons. The summed E-state index contributed by atoms with van der Waals surface area (Å²) in [5, 5.41) is 9.72. The number of halogens is 2. The Morgan fingerprint density at radius 1 is 0.944 bits per heavy atom. The van der Waals surface area contributed by atoms with Crippen LogP contribution in [0.1, 0.15) is 17.2 Å². The molecule has 1 nitrogen and oxygen atoms in total. The van der Waals surface area contributed by atoms with Crippen molar-refractivity contribution in [1.82, 2.24) is 0 Å². The first-order chi connectivity index (χ1) is 8.65. The normalized spacial score (nSPS) is 11.5. The zero-order valence-corrected chi connectivity index (χ0v) is 9.40. The third kappa shape index (κ3) is 3.16. The summed E-state index contributed by atoms with van der Waals surface area (Å²) in [4.78, 5) is 0. The maximum Gasteiger partial charge on any atom is 0.140 e. The average molecular weight is 244 g/mol. The van der Waals surface area contributed by atoms with E-state index in [4.69, 9.17) is 0 Å². The molecule has 0 saturated carbocycles. The van der Waals surface area contributed by atoms with Crippen LogP contribution in [0.2, 0.25) is 0 Å². The molecule has 2 aromatic carbocycles. The lowest BCUT2D eigenvalue weighted by molar-refractivity contribution is 0.237. The van der Waals surface area contributed by atoms with Crippen molar-refractivity contribution in [2.45, 2.75) is 6.10 Å². The van der Waals surface area contributed by atoms with E-state index < -0.39 is 17.7 Å². The van der Waals surface area contributed by atoms with Gasteiger partial charge in [0.1, 0.15) is 17.7 Å². The van der Waals surface area contributed by atoms with Gasteiger partial charge in [-0.15, -0.1) is 0 Å². The predicted molar refractivity (Wildman–Crippen MR) is 64.6 cm³/mol. The molecular formula is C15H10F2O. The molecule has 1 atom stereocenters. The highest BCUT2D eigenvalue weighted by molar-refractivity contribution is 5.36. The largest absolute Gasteiger partial charge is 0.376 e. The summed E-state index contributed by atoms with van der Waals surface area (Å²) >= 11 is 0. The highest BCUT2D eigenvalue weighted by Gasteiger charge is 2.07. The van der Waals surface area contributed by atoms with E-state index in [1.165, 1.54) is 0 Å². The van der Waals surface area contributed by atoms with Crippen LogP contribution in [0.3, 0.4) is 0 Å². The van der Waals surface area contributed by atoms with Crippen LogP contribution in [0.5, 0.6) is 0 Å². The Morgan fingerprint density at radius 2 is 1.56 bits per heavy atom. The van der Waals surface area contributed by atoms with Crippen LogP contribution in [-0.4, -0.2) is 5.11 Å². The Morgan fingerprint density at radius 3 is 2.17 bits per heavy atom. The maximum absolute atomic E-state index is 13.0. The molecule has 0 spiro atoms. The minimum Gasteiger partial charge on any atom is -0.376 e. The summed E-state index contributed by atoms with van der Waals surface area (Å²) < 4.78 is 25.9. The second-order valence-corrected chi connectivity index (χ2v) is 3.74. The van der Waals surface area contributed by atoms with Crippen molar-refractivity contribution in [3.8, 4) is 11.8 Å². The lowest BCUT2D eigenvalue weighted by Crippen LogP contribution is -1.96. The number of hydrogen-bond acceptors (Lipinski definition) is 1. The van der Waals surface area contributed by atoms with Crippen molar-refractivity contribution in [2.24, 2.45) is 0 Å². The molecule has 1 N–H and O–H groups in total. The van der Waals surface area contributed by atoms with Crippen molar-refractivity contribution in [3.05, 3.63) is 71.3 Å². The van der Waals surface area contributed by atoms with Gasteiger partial charge in [0.25, 0.3) is 0 Å². The van der Waals surface area contributed by atoms with Gasteiger partial charge < -0.3 is 5.11 Å². The van der Waals surface area contributed by atoms with Gasteiger partial charge in [0.2, 0.25) is 0 Å². The third-order valence-electron chi connectivity index (χ3n) is 2.33. The summed E-state index contributed by atoms with van der Waals surface area (Å²) in [5.41, 5.74) is 0.837. The standard InChI is InChI=1S/C15H10F2O/c16-13-8-12(9-14(17)10-13)15(18)7-6-11-4-2-1-3-5-11/h1-5,8-10,15,18H/t15-/m0/s1. The number of hydrogen-bond donors (Lipinski definition) is 1. The summed E-state index contributed by atoms with van der Waals surface area (Å²) in [6.45, 7) is 0. The van der Waals surface area contributed by atoms with Gasteiger partial charge in [0.15, 0.2) is 0 Å². The van der Waals surface area contributed by atoms with E-state index in [1.807, 2.05) is 18.2 Å². The van der Waals surface area contributed by atoms with E-state index in [1.54, 1.807) is 12.1 Å². The number of rotatable bonds is 1. The fraction of sp³-hybridized carbons (Fsp3) is 0.0667. The van der Waals surface area contributed by atoms with Gasteiger partial charge in [-0.2, -0.15) is 0 Å². The first-order valence-corrected chi connectivity index (χ1v) is 5.36. The van der Waals surface area contributed by atoms with Gasteiger partial charge in [-0.1, -0.05) is 30.0 Å². The number of aliphatic hydroxyl groups is 1. The van der Waals surface area contributed by atoms with E-state index in [9.17, 15) is 13.9 Å². The predicted octanol–water partition coefficient (Wildman–Crippen LogP) is 3.05. The van der Waals surface area contributed by atoms with Crippen molar-refractivity contribution in [2.75, 3.05) is 0 Å². The smallest absolute Gasteiger partial charge is 0.140 e. The summed E-state index contributed by atoms with van der Waals surface area (Å²) in [5.74, 6) is 3.82. The molecule has 0 aliphatic carbocycles. The first kappa shape index (κ1) is 12.3. The molecule has 0 bridgehead atoms. The molecule has 0 unspecified atom stereocenters. The van der Waals surface area contributed by atoms with Crippen LogP contribution in [-0.2, 0) is 0 Å². The number of benzene rings is 2. The summed E-state index contributed by atoms with van der Waals surface area (Å²) in [7, 11) is 0. The molecule has 90 valence electrons. The highest BCUT2D eigenvalue weighted by atomic mass is 19.1. The van der Waals surface area contributed by atoms with Gasteiger partial charge in [0.05, 0.1) is 0 Å². The van der Waals surface area contributed by atoms with Crippen molar-refractivity contribution in [1.29, 1.82) is 0 Å². The monoisotopic (exact) mass is 244 g/mol. The minimum absolute atomic E-state index is 0.107. The van der Waals surface area contributed by atoms with Crippen LogP contribution in [0.25, 0.3) is 0 Å². The van der Waals surface area contributed by atoms with Crippen LogP contribution in [0, 0.1) is 23.5 Å². The maximum atomic E-state index is 13.0. The van der Waals surface area contributed by atoms with Gasteiger partial charge in [-0.05, 0) is 29.8 Å². The molecular weight excluding hydrogens is 234 g/mol. The van der Waals surface area contributed by atoms with E-state index in [-0.39, 0.29) is 5.56 Å². The molecule has 2 aromatic rings. The number of aliphatic hydroxyl groups excluding tert-OH is 1. The Labute approximate surface area is 104 Å². The van der Waals surface area contributed by atoms with E-state index in [0.717, 1.165) is 23.8 Å². The van der Waals surface area contributed by atoms with Gasteiger partial charge in [0, 0.05) is 11.6 Å².